The molecule has 0 N–H and O–H groups in total. The van der Waals surface area contributed by atoms with Gasteiger partial charge in [-0.25, -0.2) is 35.1 Å². The molecule has 5 aromatic rings. The van der Waals surface area contributed by atoms with Crippen LogP contribution in [-0.2, 0) is 12.5 Å². The second-order valence-corrected chi connectivity index (χ2v) is 11.3. The standard InChI is InChI=1S/C36H23ClF10O/c1-2-3-4-5-18-6-8-19(9-7-18)20-11-28(41)34(29(42)12-20)36(46,47)48-23-16-26(39)33(27(40)17-23)21-10-24(37)32(25(38)13-21)22-14-30(43)35(45)31(44)15-22/h6-17H,2-5H2,1H3. The summed E-state index contributed by atoms with van der Waals surface area (Å²) in [6.45, 7) is 2.06. The third kappa shape index (κ3) is 7.16. The molecule has 0 heterocycles. The first kappa shape index (κ1) is 34.8. The van der Waals surface area contributed by atoms with Crippen LogP contribution in [0.2, 0.25) is 5.02 Å². The molecule has 0 aliphatic carbocycles. The van der Waals surface area contributed by atoms with Gasteiger partial charge in [-0.1, -0.05) is 55.6 Å². The Morgan fingerprint density at radius 2 is 1.06 bits per heavy atom. The van der Waals surface area contributed by atoms with Gasteiger partial charge < -0.3 is 4.74 Å². The lowest BCUT2D eigenvalue weighted by Crippen LogP contribution is -2.25. The zero-order valence-corrected chi connectivity index (χ0v) is 25.6. The molecule has 250 valence electrons. The van der Waals surface area contributed by atoms with Crippen LogP contribution in [0.5, 0.6) is 5.75 Å². The summed E-state index contributed by atoms with van der Waals surface area (Å²) in [6.07, 6.45) is -0.900. The molecule has 1 nitrogen and oxygen atoms in total. The molecule has 48 heavy (non-hydrogen) atoms. The van der Waals surface area contributed by atoms with Crippen molar-refractivity contribution in [1.82, 2.24) is 0 Å². The van der Waals surface area contributed by atoms with Gasteiger partial charge in [0.1, 0.15) is 40.4 Å². The lowest BCUT2D eigenvalue weighted by Gasteiger charge is -2.20. The minimum Gasteiger partial charge on any atom is -0.429 e. The maximum Gasteiger partial charge on any atom is 0.432 e. The van der Waals surface area contributed by atoms with Crippen molar-refractivity contribution < 1.29 is 48.6 Å². The van der Waals surface area contributed by atoms with Crippen LogP contribution in [0.3, 0.4) is 0 Å². The fourth-order valence-electron chi connectivity index (χ4n) is 5.24. The van der Waals surface area contributed by atoms with E-state index in [0.717, 1.165) is 37.3 Å². The first-order valence-corrected chi connectivity index (χ1v) is 14.9. The Morgan fingerprint density at radius 1 is 0.562 bits per heavy atom. The quantitative estimate of drug-likeness (QED) is 0.0802. The molecule has 12 heteroatoms. The monoisotopic (exact) mass is 696 g/mol. The highest BCUT2D eigenvalue weighted by atomic mass is 35.5. The van der Waals surface area contributed by atoms with E-state index in [1.165, 1.54) is 0 Å². The van der Waals surface area contributed by atoms with E-state index in [2.05, 4.69) is 11.7 Å². The minimum atomic E-state index is -4.74. The summed E-state index contributed by atoms with van der Waals surface area (Å²) in [7, 11) is 0. The lowest BCUT2D eigenvalue weighted by molar-refractivity contribution is -0.189. The molecule has 0 aromatic heterocycles. The molecule has 5 rings (SSSR count). The molecule has 0 aliphatic rings. The predicted molar refractivity (Wildman–Crippen MR) is 162 cm³/mol. The van der Waals surface area contributed by atoms with Gasteiger partial charge in [0.15, 0.2) is 17.5 Å². The third-order valence-electron chi connectivity index (χ3n) is 7.55. The summed E-state index contributed by atoms with van der Waals surface area (Å²) in [5.41, 5.74) is -3.12. The van der Waals surface area contributed by atoms with Crippen LogP contribution in [0, 0.1) is 46.5 Å². The van der Waals surface area contributed by atoms with Crippen molar-refractivity contribution in [3.63, 3.8) is 0 Å². The van der Waals surface area contributed by atoms with E-state index < -0.39 is 91.2 Å². The van der Waals surface area contributed by atoms with Crippen LogP contribution in [0.15, 0.2) is 72.8 Å². The Morgan fingerprint density at radius 3 is 1.60 bits per heavy atom. The van der Waals surface area contributed by atoms with Crippen LogP contribution in [0.25, 0.3) is 33.4 Å². The predicted octanol–water partition coefficient (Wildman–Crippen LogP) is 12.3. The second kappa shape index (κ2) is 13.9. The third-order valence-corrected chi connectivity index (χ3v) is 7.85. The number of aryl methyl sites for hydroxylation is 1. The Hall–Kier alpha value is -4.51. The molecule has 0 unspecified atom stereocenters. The summed E-state index contributed by atoms with van der Waals surface area (Å²) in [4.78, 5) is 0. The van der Waals surface area contributed by atoms with Crippen molar-refractivity contribution in [2.75, 3.05) is 0 Å². The van der Waals surface area contributed by atoms with E-state index in [-0.39, 0.29) is 17.7 Å². The number of unbranched alkanes of at least 4 members (excludes halogenated alkanes) is 2. The summed E-state index contributed by atoms with van der Waals surface area (Å²) in [6, 6.07) is 11.0. The summed E-state index contributed by atoms with van der Waals surface area (Å²) in [5, 5.41) is -0.585. The van der Waals surface area contributed by atoms with Gasteiger partial charge in [-0.2, -0.15) is 8.78 Å². The fourth-order valence-corrected chi connectivity index (χ4v) is 5.55. The van der Waals surface area contributed by atoms with Crippen molar-refractivity contribution in [2.24, 2.45) is 0 Å². The number of hydrogen-bond acceptors (Lipinski definition) is 1. The van der Waals surface area contributed by atoms with Gasteiger partial charge >= 0.3 is 6.11 Å². The maximum absolute atomic E-state index is 15.1. The summed E-state index contributed by atoms with van der Waals surface area (Å²) < 4.78 is 150. The van der Waals surface area contributed by atoms with E-state index in [1.54, 1.807) is 24.3 Å². The lowest BCUT2D eigenvalue weighted by atomic mass is 9.98. The van der Waals surface area contributed by atoms with E-state index >= 15 is 22.0 Å². The van der Waals surface area contributed by atoms with Crippen LogP contribution >= 0.6 is 11.6 Å². The molecule has 0 fully saturated rings. The van der Waals surface area contributed by atoms with Gasteiger partial charge in [0.25, 0.3) is 0 Å². The molecule has 0 amide bonds. The van der Waals surface area contributed by atoms with Gasteiger partial charge in [-0.3, -0.25) is 0 Å². The number of ether oxygens (including phenoxy) is 1. The summed E-state index contributed by atoms with van der Waals surface area (Å²) >= 11 is 6.05. The molecule has 0 radical (unpaired) electrons. The Balaban J connectivity index is 1.41. The van der Waals surface area contributed by atoms with Gasteiger partial charge in [-0.15, -0.1) is 0 Å². The first-order chi connectivity index (χ1) is 22.7. The highest BCUT2D eigenvalue weighted by Gasteiger charge is 2.41. The first-order valence-electron chi connectivity index (χ1n) is 14.5. The van der Waals surface area contributed by atoms with E-state index in [0.29, 0.717) is 35.9 Å². The fraction of sp³-hybridized carbons (Fsp3) is 0.167. The topological polar surface area (TPSA) is 9.23 Å². The molecule has 0 saturated heterocycles. The van der Waals surface area contributed by atoms with Crippen molar-refractivity contribution in [3.05, 3.63) is 135 Å². The van der Waals surface area contributed by atoms with Crippen LogP contribution < -0.4 is 4.74 Å². The van der Waals surface area contributed by atoms with Gasteiger partial charge in [0.05, 0.1) is 10.6 Å². The van der Waals surface area contributed by atoms with Crippen LogP contribution in [0.4, 0.5) is 43.9 Å². The molecule has 0 atom stereocenters. The number of hydrogen-bond donors (Lipinski definition) is 0. The summed E-state index contributed by atoms with van der Waals surface area (Å²) in [5.74, 6) is -14.1. The maximum atomic E-state index is 15.1. The zero-order valence-electron chi connectivity index (χ0n) is 24.8. The van der Waals surface area contributed by atoms with Gasteiger partial charge in [-0.05, 0) is 77.1 Å². The molecular weight excluding hydrogens is 674 g/mol. The highest BCUT2D eigenvalue weighted by Crippen LogP contribution is 2.41. The largest absolute Gasteiger partial charge is 0.432 e. The second-order valence-electron chi connectivity index (χ2n) is 10.9. The normalized spacial score (nSPS) is 11.7. The average molecular weight is 697 g/mol. The van der Waals surface area contributed by atoms with Crippen LogP contribution in [-0.4, -0.2) is 0 Å². The van der Waals surface area contributed by atoms with E-state index in [4.69, 9.17) is 11.6 Å². The molecule has 5 aromatic carbocycles. The van der Waals surface area contributed by atoms with Gasteiger partial charge in [0, 0.05) is 17.7 Å². The van der Waals surface area contributed by atoms with E-state index in [9.17, 15) is 22.0 Å². The van der Waals surface area contributed by atoms with E-state index in [1.807, 2.05) is 0 Å². The number of benzene rings is 5. The molecule has 0 spiro atoms. The SMILES string of the molecule is CCCCCc1ccc(-c2cc(F)c(C(F)(F)Oc3cc(F)c(-c4cc(F)c(-c5cc(F)c(F)c(F)c5)c(Cl)c4)c(F)c3)c(F)c2)cc1. The minimum absolute atomic E-state index is 0.0299. The zero-order chi connectivity index (χ0) is 34.9. The molecule has 0 aliphatic heterocycles. The number of halogens is 11. The van der Waals surface area contributed by atoms with Crippen molar-refractivity contribution >= 4 is 11.6 Å². The number of alkyl halides is 2. The van der Waals surface area contributed by atoms with Crippen molar-refractivity contribution in [3.8, 4) is 39.1 Å². The average Bonchev–Trinajstić information content (AvgIpc) is 2.99. The van der Waals surface area contributed by atoms with Crippen LogP contribution in [0.1, 0.15) is 37.3 Å². The highest BCUT2D eigenvalue weighted by molar-refractivity contribution is 6.33. The number of rotatable bonds is 10. The van der Waals surface area contributed by atoms with Gasteiger partial charge in [0.2, 0.25) is 0 Å². The smallest absolute Gasteiger partial charge is 0.429 e. The molecular formula is C36H23ClF10O. The Kier molecular flexibility index (Phi) is 10.1. The Labute approximate surface area is 273 Å². The molecule has 0 bridgehead atoms. The van der Waals surface area contributed by atoms with Crippen molar-refractivity contribution in [2.45, 2.75) is 38.7 Å². The van der Waals surface area contributed by atoms with Crippen molar-refractivity contribution in [1.29, 1.82) is 0 Å². The Bertz CT molecular complexity index is 1900. The molecule has 0 saturated carbocycles.